The van der Waals surface area contributed by atoms with Crippen molar-refractivity contribution < 1.29 is 0 Å². The highest BCUT2D eigenvalue weighted by atomic mass is 14.9. The molecule has 1 nitrogen and oxygen atoms in total. The molecular weight excluding hydrogens is 218 g/mol. The quantitative estimate of drug-likeness (QED) is 0.796. The number of anilines is 1. The molecule has 1 aromatic carbocycles. The molecule has 1 aliphatic rings. The van der Waals surface area contributed by atoms with Crippen molar-refractivity contribution in [2.75, 3.05) is 5.32 Å². The van der Waals surface area contributed by atoms with Gasteiger partial charge < -0.3 is 5.32 Å². The van der Waals surface area contributed by atoms with E-state index in [1.807, 2.05) is 0 Å². The van der Waals surface area contributed by atoms with E-state index in [4.69, 9.17) is 0 Å². The summed E-state index contributed by atoms with van der Waals surface area (Å²) in [5.41, 5.74) is 4.06. The highest BCUT2D eigenvalue weighted by Gasteiger charge is 2.23. The van der Waals surface area contributed by atoms with E-state index in [0.717, 1.165) is 11.8 Å². The molecule has 1 saturated carbocycles. The molecule has 1 fully saturated rings. The van der Waals surface area contributed by atoms with Crippen LogP contribution in [0.15, 0.2) is 18.2 Å². The molecule has 0 aromatic heterocycles. The van der Waals surface area contributed by atoms with Gasteiger partial charge in [-0.1, -0.05) is 32.8 Å². The maximum Gasteiger partial charge on any atom is 0.0345 e. The summed E-state index contributed by atoms with van der Waals surface area (Å²) >= 11 is 0. The number of aryl methyl sites for hydroxylation is 2. The Balaban J connectivity index is 1.98. The summed E-state index contributed by atoms with van der Waals surface area (Å²) in [6.07, 6.45) is 5.47. The summed E-state index contributed by atoms with van der Waals surface area (Å²) in [6.45, 7) is 9.10. The summed E-state index contributed by atoms with van der Waals surface area (Å²) in [7, 11) is 0. The van der Waals surface area contributed by atoms with Crippen molar-refractivity contribution in [2.45, 2.75) is 59.4 Å². The van der Waals surface area contributed by atoms with Gasteiger partial charge in [-0.25, -0.2) is 0 Å². The van der Waals surface area contributed by atoms with Gasteiger partial charge in [0.2, 0.25) is 0 Å². The fraction of sp³-hybridized carbons (Fsp3) is 0.647. The molecule has 0 heterocycles. The van der Waals surface area contributed by atoms with Gasteiger partial charge in [0.15, 0.2) is 0 Å². The van der Waals surface area contributed by atoms with E-state index in [0.29, 0.717) is 6.04 Å². The standard InChI is InChI=1S/C17H27N/c1-12(2)15-6-5-7-16(11-15)18-17-9-8-13(3)14(4)10-17/h8-10,12,15-16,18H,5-7,11H2,1-4H3. The van der Waals surface area contributed by atoms with Crippen molar-refractivity contribution in [3.05, 3.63) is 29.3 Å². The summed E-state index contributed by atoms with van der Waals surface area (Å²) < 4.78 is 0. The van der Waals surface area contributed by atoms with Gasteiger partial charge in [0, 0.05) is 11.7 Å². The van der Waals surface area contributed by atoms with E-state index in [9.17, 15) is 0 Å². The highest BCUT2D eigenvalue weighted by molar-refractivity contribution is 5.48. The maximum atomic E-state index is 3.73. The van der Waals surface area contributed by atoms with Crippen molar-refractivity contribution in [3.8, 4) is 0 Å². The topological polar surface area (TPSA) is 12.0 Å². The minimum atomic E-state index is 0.674. The van der Waals surface area contributed by atoms with Crippen molar-refractivity contribution in [2.24, 2.45) is 11.8 Å². The lowest BCUT2D eigenvalue weighted by atomic mass is 9.79. The minimum Gasteiger partial charge on any atom is -0.382 e. The van der Waals surface area contributed by atoms with E-state index in [1.54, 1.807) is 0 Å². The Labute approximate surface area is 112 Å². The van der Waals surface area contributed by atoms with E-state index in [-0.39, 0.29) is 0 Å². The Morgan fingerprint density at radius 2 is 1.89 bits per heavy atom. The monoisotopic (exact) mass is 245 g/mol. The summed E-state index contributed by atoms with van der Waals surface area (Å²) in [5, 5.41) is 3.73. The molecule has 0 aliphatic heterocycles. The Morgan fingerprint density at radius 3 is 2.56 bits per heavy atom. The van der Waals surface area contributed by atoms with Crippen LogP contribution in [-0.2, 0) is 0 Å². The summed E-state index contributed by atoms with van der Waals surface area (Å²) in [5.74, 6) is 1.73. The number of benzene rings is 1. The lowest BCUT2D eigenvalue weighted by Gasteiger charge is -2.32. The number of hydrogen-bond donors (Lipinski definition) is 1. The first kappa shape index (κ1) is 13.5. The third-order valence-corrected chi connectivity index (χ3v) is 4.54. The van der Waals surface area contributed by atoms with Crippen molar-refractivity contribution >= 4 is 5.69 Å². The van der Waals surface area contributed by atoms with Crippen molar-refractivity contribution in [3.63, 3.8) is 0 Å². The smallest absolute Gasteiger partial charge is 0.0345 e. The number of rotatable bonds is 3. The van der Waals surface area contributed by atoms with Crippen LogP contribution in [0, 0.1) is 25.7 Å². The van der Waals surface area contributed by atoms with Crippen LogP contribution in [0.5, 0.6) is 0 Å². The Hall–Kier alpha value is -0.980. The predicted molar refractivity (Wildman–Crippen MR) is 80.1 cm³/mol. The lowest BCUT2D eigenvalue weighted by Crippen LogP contribution is -2.29. The fourth-order valence-corrected chi connectivity index (χ4v) is 3.03. The highest BCUT2D eigenvalue weighted by Crippen LogP contribution is 2.31. The van der Waals surface area contributed by atoms with Crippen LogP contribution in [0.25, 0.3) is 0 Å². The summed E-state index contributed by atoms with van der Waals surface area (Å²) in [6, 6.07) is 7.41. The van der Waals surface area contributed by atoms with Crippen LogP contribution in [0.2, 0.25) is 0 Å². The van der Waals surface area contributed by atoms with E-state index >= 15 is 0 Å². The minimum absolute atomic E-state index is 0.674. The average molecular weight is 245 g/mol. The molecular formula is C17H27N. The van der Waals surface area contributed by atoms with Crippen LogP contribution in [0.3, 0.4) is 0 Å². The molecule has 1 N–H and O–H groups in total. The number of hydrogen-bond acceptors (Lipinski definition) is 1. The number of nitrogens with one attached hydrogen (secondary N) is 1. The normalized spacial score (nSPS) is 24.3. The zero-order valence-corrected chi connectivity index (χ0v) is 12.3. The first-order chi connectivity index (χ1) is 8.56. The fourth-order valence-electron chi connectivity index (χ4n) is 3.03. The molecule has 0 bridgehead atoms. The van der Waals surface area contributed by atoms with E-state index < -0.39 is 0 Å². The third-order valence-electron chi connectivity index (χ3n) is 4.54. The second kappa shape index (κ2) is 5.77. The van der Waals surface area contributed by atoms with Gasteiger partial charge in [-0.3, -0.25) is 0 Å². The van der Waals surface area contributed by atoms with Crippen molar-refractivity contribution in [1.29, 1.82) is 0 Å². The van der Waals surface area contributed by atoms with E-state index in [2.05, 4.69) is 51.2 Å². The van der Waals surface area contributed by atoms with Gasteiger partial charge in [-0.05, 0) is 61.8 Å². The van der Waals surface area contributed by atoms with Crippen molar-refractivity contribution in [1.82, 2.24) is 0 Å². The van der Waals surface area contributed by atoms with Gasteiger partial charge in [0.25, 0.3) is 0 Å². The molecule has 1 heteroatoms. The maximum absolute atomic E-state index is 3.73. The lowest BCUT2D eigenvalue weighted by molar-refractivity contribution is 0.264. The molecule has 18 heavy (non-hydrogen) atoms. The predicted octanol–water partition coefficient (Wildman–Crippen LogP) is 4.93. The average Bonchev–Trinajstić information content (AvgIpc) is 2.34. The zero-order chi connectivity index (χ0) is 13.1. The van der Waals surface area contributed by atoms with Crippen LogP contribution < -0.4 is 5.32 Å². The molecule has 100 valence electrons. The summed E-state index contributed by atoms with van der Waals surface area (Å²) in [4.78, 5) is 0. The second-order valence-corrected chi connectivity index (χ2v) is 6.31. The van der Waals surface area contributed by atoms with Crippen LogP contribution in [-0.4, -0.2) is 6.04 Å². The SMILES string of the molecule is Cc1ccc(NC2CCCC(C(C)C)C2)cc1C. The molecule has 0 amide bonds. The molecule has 2 unspecified atom stereocenters. The molecule has 1 aliphatic carbocycles. The van der Waals surface area contributed by atoms with E-state index in [1.165, 1.54) is 42.5 Å². The second-order valence-electron chi connectivity index (χ2n) is 6.31. The van der Waals surface area contributed by atoms with Gasteiger partial charge in [0.05, 0.1) is 0 Å². The van der Waals surface area contributed by atoms with Gasteiger partial charge in [-0.15, -0.1) is 0 Å². The Bertz CT molecular complexity index is 395. The van der Waals surface area contributed by atoms with Gasteiger partial charge >= 0.3 is 0 Å². The van der Waals surface area contributed by atoms with Crippen LogP contribution in [0.1, 0.15) is 50.7 Å². The molecule has 2 atom stereocenters. The third kappa shape index (κ3) is 3.28. The van der Waals surface area contributed by atoms with Crippen LogP contribution in [0.4, 0.5) is 5.69 Å². The molecule has 0 spiro atoms. The molecule has 2 rings (SSSR count). The molecule has 0 radical (unpaired) electrons. The Kier molecular flexibility index (Phi) is 4.31. The largest absolute Gasteiger partial charge is 0.382 e. The molecule has 0 saturated heterocycles. The first-order valence-corrected chi connectivity index (χ1v) is 7.40. The molecule has 1 aromatic rings. The first-order valence-electron chi connectivity index (χ1n) is 7.40. The van der Waals surface area contributed by atoms with Crippen LogP contribution >= 0.6 is 0 Å². The van der Waals surface area contributed by atoms with Gasteiger partial charge in [0.1, 0.15) is 0 Å². The Morgan fingerprint density at radius 1 is 1.11 bits per heavy atom. The zero-order valence-electron chi connectivity index (χ0n) is 12.3. The van der Waals surface area contributed by atoms with Gasteiger partial charge in [-0.2, -0.15) is 0 Å².